The molecule has 23 heavy (non-hydrogen) atoms. The third-order valence-corrected chi connectivity index (χ3v) is 4.45. The van der Waals surface area contributed by atoms with Crippen LogP contribution in [0, 0.1) is 18.6 Å². The van der Waals surface area contributed by atoms with E-state index in [2.05, 4.69) is 5.16 Å². The Hall–Kier alpha value is -2.10. The van der Waals surface area contributed by atoms with E-state index in [1.807, 2.05) is 0 Å². The Morgan fingerprint density at radius 3 is 2.70 bits per heavy atom. The summed E-state index contributed by atoms with van der Waals surface area (Å²) < 4.78 is 45.1. The molecule has 0 atom stereocenters. The van der Waals surface area contributed by atoms with E-state index in [-0.39, 0.29) is 27.2 Å². The van der Waals surface area contributed by atoms with Crippen molar-refractivity contribution in [3.05, 3.63) is 44.0 Å². The SMILES string of the molecule is Cc1csc(=O)n1-c1noc2c(F)c(F)c(C3OCCO3)cc12. The van der Waals surface area contributed by atoms with Gasteiger partial charge in [0.1, 0.15) is 0 Å². The Morgan fingerprint density at radius 2 is 2.04 bits per heavy atom. The quantitative estimate of drug-likeness (QED) is 0.717. The standard InChI is InChI=1S/C14H10F2N2O4S/c1-6-5-23-14(19)18(6)12-8-4-7(13-20-2-3-21-13)9(15)10(16)11(8)22-17-12/h4-5,13H,2-3H2,1H3. The average Bonchev–Trinajstić information content (AvgIpc) is 3.24. The molecular weight excluding hydrogens is 330 g/mol. The number of hydrogen-bond acceptors (Lipinski definition) is 6. The molecule has 0 unspecified atom stereocenters. The van der Waals surface area contributed by atoms with Gasteiger partial charge >= 0.3 is 4.87 Å². The molecule has 0 aliphatic carbocycles. The van der Waals surface area contributed by atoms with Gasteiger partial charge in [0, 0.05) is 16.6 Å². The molecule has 3 aromatic rings. The molecule has 2 aromatic heterocycles. The van der Waals surface area contributed by atoms with Crippen molar-refractivity contribution < 1.29 is 22.8 Å². The first-order valence-electron chi connectivity index (χ1n) is 6.76. The van der Waals surface area contributed by atoms with Crippen LogP contribution in [0.5, 0.6) is 0 Å². The minimum atomic E-state index is -1.18. The van der Waals surface area contributed by atoms with Crippen molar-refractivity contribution in [2.24, 2.45) is 0 Å². The Bertz CT molecular complexity index is 956. The van der Waals surface area contributed by atoms with E-state index in [1.165, 1.54) is 10.6 Å². The highest BCUT2D eigenvalue weighted by Crippen LogP contribution is 2.34. The summed E-state index contributed by atoms with van der Waals surface area (Å²) in [5.74, 6) is -2.18. The smallest absolute Gasteiger partial charge is 0.313 e. The van der Waals surface area contributed by atoms with Crippen LogP contribution in [0.3, 0.4) is 0 Å². The van der Waals surface area contributed by atoms with Crippen LogP contribution in [-0.4, -0.2) is 22.9 Å². The van der Waals surface area contributed by atoms with Crippen LogP contribution in [0.25, 0.3) is 16.8 Å². The van der Waals surface area contributed by atoms with Gasteiger partial charge in [-0.2, -0.15) is 4.39 Å². The zero-order chi connectivity index (χ0) is 16.1. The lowest BCUT2D eigenvalue weighted by Crippen LogP contribution is -2.13. The summed E-state index contributed by atoms with van der Waals surface area (Å²) in [6.07, 6.45) is -0.989. The van der Waals surface area contributed by atoms with Crippen LogP contribution < -0.4 is 4.87 Å². The monoisotopic (exact) mass is 340 g/mol. The van der Waals surface area contributed by atoms with Gasteiger partial charge in [0.15, 0.2) is 17.9 Å². The van der Waals surface area contributed by atoms with Gasteiger partial charge in [-0.25, -0.2) is 4.39 Å². The zero-order valence-corrected chi connectivity index (χ0v) is 12.7. The van der Waals surface area contributed by atoms with Crippen molar-refractivity contribution in [2.45, 2.75) is 13.2 Å². The van der Waals surface area contributed by atoms with Crippen LogP contribution in [0.15, 0.2) is 20.8 Å². The summed E-state index contributed by atoms with van der Waals surface area (Å²) in [5.41, 5.74) is 0.185. The number of fused-ring (bicyclic) bond motifs is 1. The van der Waals surface area contributed by atoms with Crippen molar-refractivity contribution in [1.82, 2.24) is 9.72 Å². The van der Waals surface area contributed by atoms with E-state index in [0.717, 1.165) is 11.3 Å². The number of rotatable bonds is 2. The first-order chi connectivity index (χ1) is 11.1. The molecule has 9 heteroatoms. The van der Waals surface area contributed by atoms with Crippen molar-refractivity contribution >= 4 is 22.3 Å². The molecule has 0 radical (unpaired) electrons. The van der Waals surface area contributed by atoms with Crippen molar-refractivity contribution in [3.8, 4) is 5.82 Å². The van der Waals surface area contributed by atoms with Crippen LogP contribution in [0.2, 0.25) is 0 Å². The fourth-order valence-electron chi connectivity index (χ4n) is 2.53. The summed E-state index contributed by atoms with van der Waals surface area (Å²) in [6, 6.07) is 1.35. The highest BCUT2D eigenvalue weighted by atomic mass is 32.1. The molecule has 1 aromatic carbocycles. The molecule has 0 saturated carbocycles. The predicted octanol–water partition coefficient (Wildman–Crippen LogP) is 2.67. The van der Waals surface area contributed by atoms with Crippen LogP contribution >= 0.6 is 11.3 Å². The summed E-state index contributed by atoms with van der Waals surface area (Å²) in [6.45, 7) is 2.30. The summed E-state index contributed by atoms with van der Waals surface area (Å²) in [4.78, 5) is 11.7. The zero-order valence-electron chi connectivity index (χ0n) is 11.8. The molecule has 1 aliphatic heterocycles. The second-order valence-corrected chi connectivity index (χ2v) is 5.85. The van der Waals surface area contributed by atoms with Gasteiger partial charge in [-0.05, 0) is 13.0 Å². The highest BCUT2D eigenvalue weighted by molar-refractivity contribution is 7.07. The maximum absolute atomic E-state index is 14.3. The lowest BCUT2D eigenvalue weighted by molar-refractivity contribution is -0.0467. The molecule has 6 nitrogen and oxygen atoms in total. The average molecular weight is 340 g/mol. The van der Waals surface area contributed by atoms with Gasteiger partial charge in [0.25, 0.3) is 0 Å². The second kappa shape index (κ2) is 5.22. The van der Waals surface area contributed by atoms with Crippen molar-refractivity contribution in [1.29, 1.82) is 0 Å². The molecular formula is C14H10F2N2O4S. The van der Waals surface area contributed by atoms with Gasteiger partial charge in [0.2, 0.25) is 11.4 Å². The summed E-state index contributed by atoms with van der Waals surface area (Å²) in [7, 11) is 0. The highest BCUT2D eigenvalue weighted by Gasteiger charge is 2.29. The van der Waals surface area contributed by atoms with E-state index in [4.69, 9.17) is 14.0 Å². The fraction of sp³-hybridized carbons (Fsp3) is 0.286. The lowest BCUT2D eigenvalue weighted by Gasteiger charge is -2.11. The van der Waals surface area contributed by atoms with Crippen molar-refractivity contribution in [2.75, 3.05) is 13.2 Å². The van der Waals surface area contributed by atoms with Crippen LogP contribution in [-0.2, 0) is 9.47 Å². The Labute approximate surface area is 131 Å². The maximum Gasteiger partial charge on any atom is 0.313 e. The number of halogens is 2. The molecule has 0 amide bonds. The van der Waals surface area contributed by atoms with E-state index >= 15 is 0 Å². The minimum Gasteiger partial charge on any atom is -0.351 e. The number of aryl methyl sites for hydroxylation is 1. The minimum absolute atomic E-state index is 0.0853. The molecule has 1 fully saturated rings. The number of hydrogen-bond donors (Lipinski definition) is 0. The van der Waals surface area contributed by atoms with Gasteiger partial charge in [-0.15, -0.1) is 0 Å². The molecule has 3 heterocycles. The van der Waals surface area contributed by atoms with Crippen LogP contribution in [0.1, 0.15) is 17.5 Å². The van der Waals surface area contributed by atoms with Gasteiger partial charge in [-0.1, -0.05) is 16.5 Å². The first-order valence-corrected chi connectivity index (χ1v) is 7.64. The van der Waals surface area contributed by atoms with E-state index in [9.17, 15) is 13.6 Å². The fourth-order valence-corrected chi connectivity index (χ4v) is 3.24. The normalized spacial score (nSPS) is 15.8. The van der Waals surface area contributed by atoms with Gasteiger partial charge in [0.05, 0.1) is 18.6 Å². The molecule has 0 bridgehead atoms. The number of thiazole rings is 1. The van der Waals surface area contributed by atoms with Gasteiger partial charge in [-0.3, -0.25) is 9.36 Å². The number of benzene rings is 1. The Kier molecular flexibility index (Phi) is 3.29. The van der Waals surface area contributed by atoms with E-state index < -0.39 is 17.9 Å². The second-order valence-electron chi connectivity index (χ2n) is 5.03. The molecule has 1 aliphatic rings. The number of aromatic nitrogens is 2. The molecule has 4 rings (SSSR count). The summed E-state index contributed by atoms with van der Waals surface area (Å²) >= 11 is 0.983. The predicted molar refractivity (Wildman–Crippen MR) is 76.8 cm³/mol. The topological polar surface area (TPSA) is 66.5 Å². The molecule has 1 saturated heterocycles. The molecule has 120 valence electrons. The largest absolute Gasteiger partial charge is 0.351 e. The molecule has 0 spiro atoms. The summed E-state index contributed by atoms with van der Waals surface area (Å²) in [5, 5.41) is 5.56. The van der Waals surface area contributed by atoms with Crippen LogP contribution in [0.4, 0.5) is 8.78 Å². The van der Waals surface area contributed by atoms with E-state index in [0.29, 0.717) is 18.9 Å². The number of nitrogens with zero attached hydrogens (tertiary/aromatic N) is 2. The van der Waals surface area contributed by atoms with Gasteiger partial charge < -0.3 is 14.0 Å². The maximum atomic E-state index is 14.3. The third-order valence-electron chi connectivity index (χ3n) is 3.61. The third kappa shape index (κ3) is 2.12. The van der Waals surface area contributed by atoms with Crippen molar-refractivity contribution in [3.63, 3.8) is 0 Å². The Morgan fingerprint density at radius 1 is 1.30 bits per heavy atom. The molecule has 0 N–H and O–H groups in total. The Balaban J connectivity index is 2.00. The number of ether oxygens (including phenoxy) is 2. The lowest BCUT2D eigenvalue weighted by atomic mass is 10.1. The first kappa shape index (κ1) is 14.5. The van der Waals surface area contributed by atoms with E-state index in [1.54, 1.807) is 12.3 Å².